The Morgan fingerprint density at radius 3 is 2.43 bits per heavy atom. The van der Waals surface area contributed by atoms with E-state index >= 15 is 0 Å². The third kappa shape index (κ3) is 3.87. The first-order chi connectivity index (χ1) is 10.7. The maximum absolute atomic E-state index is 13.9. The van der Waals surface area contributed by atoms with Crippen LogP contribution in [0.15, 0.2) is 47.4 Å². The Labute approximate surface area is 133 Å². The van der Waals surface area contributed by atoms with Gasteiger partial charge < -0.3 is 10.4 Å². The normalized spacial score (nSPS) is 12.7. The number of rotatable bonds is 4. The summed E-state index contributed by atoms with van der Waals surface area (Å²) in [5.41, 5.74) is 0.520. The zero-order valence-corrected chi connectivity index (χ0v) is 13.4. The van der Waals surface area contributed by atoms with Gasteiger partial charge in [0.05, 0.1) is 11.6 Å². The van der Waals surface area contributed by atoms with Gasteiger partial charge in [0.25, 0.3) is 5.91 Å². The summed E-state index contributed by atoms with van der Waals surface area (Å²) in [6, 6.07) is 9.18. The molecule has 2 N–H and O–H groups in total. The van der Waals surface area contributed by atoms with Gasteiger partial charge in [0.1, 0.15) is 16.5 Å². The third-order valence-electron chi connectivity index (χ3n) is 3.35. The van der Waals surface area contributed by atoms with Crippen molar-refractivity contribution in [2.75, 3.05) is 6.26 Å². The Kier molecular flexibility index (Phi) is 4.70. The highest BCUT2D eigenvalue weighted by atomic mass is 32.2. The monoisotopic (exact) mass is 337 g/mol. The number of halogens is 1. The molecule has 23 heavy (non-hydrogen) atoms. The first-order valence-corrected chi connectivity index (χ1v) is 8.67. The molecule has 2 aromatic rings. The lowest BCUT2D eigenvalue weighted by Gasteiger charge is -2.15. The van der Waals surface area contributed by atoms with E-state index in [2.05, 4.69) is 5.32 Å². The molecular weight excluding hydrogens is 321 g/mol. The SMILES string of the molecule is C[C@H](NC(=O)c1ccccc1O)c1ccc(S(C)(=O)=O)c(F)c1. The van der Waals surface area contributed by atoms with Crippen LogP contribution in [-0.4, -0.2) is 25.7 Å². The minimum atomic E-state index is -3.64. The van der Waals surface area contributed by atoms with Gasteiger partial charge in [-0.25, -0.2) is 12.8 Å². The number of phenols is 1. The minimum Gasteiger partial charge on any atom is -0.507 e. The zero-order chi connectivity index (χ0) is 17.2. The Morgan fingerprint density at radius 1 is 1.22 bits per heavy atom. The van der Waals surface area contributed by atoms with Crippen molar-refractivity contribution in [3.63, 3.8) is 0 Å². The molecule has 1 atom stereocenters. The van der Waals surface area contributed by atoms with Crippen LogP contribution in [0.1, 0.15) is 28.9 Å². The van der Waals surface area contributed by atoms with Crippen LogP contribution in [0.3, 0.4) is 0 Å². The number of phenolic OH excluding ortho intramolecular Hbond substituents is 1. The van der Waals surface area contributed by atoms with Gasteiger partial charge in [-0.3, -0.25) is 4.79 Å². The number of hydrogen-bond acceptors (Lipinski definition) is 4. The highest BCUT2D eigenvalue weighted by Gasteiger charge is 2.18. The van der Waals surface area contributed by atoms with Gasteiger partial charge in [-0.1, -0.05) is 18.2 Å². The van der Waals surface area contributed by atoms with Crippen LogP contribution in [0.2, 0.25) is 0 Å². The van der Waals surface area contributed by atoms with Crippen LogP contribution < -0.4 is 5.32 Å². The first-order valence-electron chi connectivity index (χ1n) is 6.78. The quantitative estimate of drug-likeness (QED) is 0.897. The molecule has 0 aliphatic carbocycles. The van der Waals surface area contributed by atoms with E-state index in [1.54, 1.807) is 19.1 Å². The van der Waals surface area contributed by atoms with Crippen molar-refractivity contribution in [3.05, 3.63) is 59.4 Å². The van der Waals surface area contributed by atoms with Crippen molar-refractivity contribution in [1.82, 2.24) is 5.32 Å². The lowest BCUT2D eigenvalue weighted by Crippen LogP contribution is -2.26. The minimum absolute atomic E-state index is 0.104. The van der Waals surface area contributed by atoms with Crippen LogP contribution in [-0.2, 0) is 9.84 Å². The van der Waals surface area contributed by atoms with Gasteiger partial charge in [0, 0.05) is 6.26 Å². The van der Waals surface area contributed by atoms with Crippen molar-refractivity contribution in [1.29, 1.82) is 0 Å². The number of carbonyl (C=O) groups is 1. The summed E-state index contributed by atoms with van der Waals surface area (Å²) in [7, 11) is -3.64. The Balaban J connectivity index is 2.22. The average Bonchev–Trinajstić information content (AvgIpc) is 2.46. The van der Waals surface area contributed by atoms with Gasteiger partial charge in [-0.05, 0) is 36.8 Å². The molecule has 7 heteroatoms. The Hall–Kier alpha value is -2.41. The van der Waals surface area contributed by atoms with Crippen molar-refractivity contribution in [2.45, 2.75) is 17.9 Å². The van der Waals surface area contributed by atoms with Crippen LogP contribution in [0.5, 0.6) is 5.75 Å². The molecule has 0 radical (unpaired) electrons. The number of hydrogen-bond donors (Lipinski definition) is 2. The van der Waals surface area contributed by atoms with Gasteiger partial charge >= 0.3 is 0 Å². The third-order valence-corrected chi connectivity index (χ3v) is 4.48. The van der Waals surface area contributed by atoms with Crippen molar-refractivity contribution >= 4 is 15.7 Å². The van der Waals surface area contributed by atoms with Crippen LogP contribution in [0.4, 0.5) is 4.39 Å². The fraction of sp³-hybridized carbons (Fsp3) is 0.188. The molecule has 0 heterocycles. The zero-order valence-electron chi connectivity index (χ0n) is 12.6. The van der Waals surface area contributed by atoms with E-state index < -0.39 is 27.6 Å². The molecular formula is C16H16FNO4S. The summed E-state index contributed by atoms with van der Waals surface area (Å²) in [5.74, 6) is -1.53. The summed E-state index contributed by atoms with van der Waals surface area (Å²) < 4.78 is 36.7. The van der Waals surface area contributed by atoms with Crippen molar-refractivity contribution in [3.8, 4) is 5.75 Å². The summed E-state index contributed by atoms with van der Waals surface area (Å²) in [5, 5.41) is 12.3. The fourth-order valence-corrected chi connectivity index (χ4v) is 2.84. The van der Waals surface area contributed by atoms with Crippen molar-refractivity contribution < 1.29 is 22.7 Å². The first kappa shape index (κ1) is 17.0. The number of benzene rings is 2. The molecule has 2 aromatic carbocycles. The maximum atomic E-state index is 13.9. The molecule has 0 spiro atoms. The van der Waals surface area contributed by atoms with Gasteiger partial charge in [-0.15, -0.1) is 0 Å². The van der Waals surface area contributed by atoms with Gasteiger partial charge in [0.15, 0.2) is 9.84 Å². The van der Waals surface area contributed by atoms with E-state index in [0.717, 1.165) is 12.3 Å². The lowest BCUT2D eigenvalue weighted by molar-refractivity contribution is 0.0937. The maximum Gasteiger partial charge on any atom is 0.255 e. The molecule has 0 aliphatic rings. The number of carbonyl (C=O) groups excluding carboxylic acids is 1. The fourth-order valence-electron chi connectivity index (χ4n) is 2.11. The molecule has 1 amide bonds. The Morgan fingerprint density at radius 2 is 1.87 bits per heavy atom. The summed E-state index contributed by atoms with van der Waals surface area (Å²) in [4.78, 5) is 11.7. The molecule has 5 nitrogen and oxygen atoms in total. The molecule has 0 fully saturated rings. The second-order valence-corrected chi connectivity index (χ2v) is 7.16. The summed E-state index contributed by atoms with van der Waals surface area (Å²) >= 11 is 0. The van der Waals surface area contributed by atoms with Crippen LogP contribution >= 0.6 is 0 Å². The van der Waals surface area contributed by atoms with E-state index in [4.69, 9.17) is 0 Å². The predicted molar refractivity (Wildman–Crippen MR) is 83.5 cm³/mol. The molecule has 2 rings (SSSR count). The average molecular weight is 337 g/mol. The molecule has 0 saturated carbocycles. The highest BCUT2D eigenvalue weighted by Crippen LogP contribution is 2.21. The predicted octanol–water partition coefficient (Wildman–Crippen LogP) is 2.43. The second-order valence-electron chi connectivity index (χ2n) is 5.17. The number of amides is 1. The van der Waals surface area contributed by atoms with Crippen LogP contribution in [0, 0.1) is 5.82 Å². The molecule has 0 bridgehead atoms. The van der Waals surface area contributed by atoms with E-state index in [1.807, 2.05) is 0 Å². The molecule has 122 valence electrons. The van der Waals surface area contributed by atoms with Gasteiger partial charge in [-0.2, -0.15) is 0 Å². The van der Waals surface area contributed by atoms with Crippen LogP contribution in [0.25, 0.3) is 0 Å². The largest absolute Gasteiger partial charge is 0.507 e. The Bertz CT molecular complexity index is 849. The molecule has 0 saturated heterocycles. The summed E-state index contributed by atoms with van der Waals surface area (Å²) in [6.07, 6.45) is 0.925. The standard InChI is InChI=1S/C16H16FNO4S/c1-10(18-16(20)12-5-3-4-6-14(12)19)11-7-8-15(13(17)9-11)23(2,21)22/h3-10,19H,1-2H3,(H,18,20)/t10-/m0/s1. The number of nitrogens with one attached hydrogen (secondary N) is 1. The van der Waals surface area contributed by atoms with E-state index in [1.165, 1.54) is 24.3 Å². The van der Waals surface area contributed by atoms with Gasteiger partial charge in [0.2, 0.25) is 0 Å². The lowest BCUT2D eigenvalue weighted by atomic mass is 10.1. The molecule has 0 aliphatic heterocycles. The topological polar surface area (TPSA) is 83.5 Å². The highest BCUT2D eigenvalue weighted by molar-refractivity contribution is 7.90. The van der Waals surface area contributed by atoms with E-state index in [-0.39, 0.29) is 16.2 Å². The smallest absolute Gasteiger partial charge is 0.255 e. The van der Waals surface area contributed by atoms with E-state index in [9.17, 15) is 22.7 Å². The second kappa shape index (κ2) is 6.37. The van der Waals surface area contributed by atoms with Crippen molar-refractivity contribution in [2.24, 2.45) is 0 Å². The number of sulfone groups is 1. The number of aromatic hydroxyl groups is 1. The number of para-hydroxylation sites is 1. The summed E-state index contributed by atoms with van der Waals surface area (Å²) in [6.45, 7) is 1.63. The molecule has 0 aromatic heterocycles. The van der Waals surface area contributed by atoms with E-state index in [0.29, 0.717) is 5.56 Å². The molecule has 0 unspecified atom stereocenters.